The zero-order valence-electron chi connectivity index (χ0n) is 12.8. The number of aryl methyl sites for hydroxylation is 1. The van der Waals surface area contributed by atoms with Gasteiger partial charge >= 0.3 is 0 Å². The highest BCUT2D eigenvalue weighted by atomic mass is 79.9. The van der Waals surface area contributed by atoms with Gasteiger partial charge in [0.1, 0.15) is 0 Å². The van der Waals surface area contributed by atoms with Crippen molar-refractivity contribution in [2.45, 2.75) is 12.8 Å². The molecule has 0 saturated heterocycles. The molecule has 1 aliphatic carbocycles. The van der Waals surface area contributed by atoms with Crippen LogP contribution in [0.15, 0.2) is 46.9 Å². The van der Waals surface area contributed by atoms with Crippen molar-refractivity contribution >= 4 is 27.5 Å². The van der Waals surface area contributed by atoms with E-state index in [4.69, 9.17) is 11.5 Å². The second-order valence-electron chi connectivity index (χ2n) is 5.84. The summed E-state index contributed by atoms with van der Waals surface area (Å²) in [6.45, 7) is 0. The minimum atomic E-state index is -0.505. The summed E-state index contributed by atoms with van der Waals surface area (Å²) in [5, 5.41) is 4.51. The van der Waals surface area contributed by atoms with Crippen molar-refractivity contribution in [2.24, 2.45) is 5.73 Å². The van der Waals surface area contributed by atoms with Gasteiger partial charge in [0.05, 0.1) is 11.4 Å². The summed E-state index contributed by atoms with van der Waals surface area (Å²) >= 11 is 3.44. The first-order valence-electron chi connectivity index (χ1n) is 7.61. The third kappa shape index (κ3) is 2.30. The lowest BCUT2D eigenvalue weighted by atomic mass is 9.88. The molecule has 1 aromatic heterocycles. The largest absolute Gasteiger partial charge is 0.399 e. The minimum Gasteiger partial charge on any atom is -0.399 e. The molecule has 1 aliphatic rings. The molecule has 4 N–H and O–H groups in total. The number of amides is 1. The van der Waals surface area contributed by atoms with E-state index in [-0.39, 0.29) is 0 Å². The molecule has 1 heterocycles. The second-order valence-corrected chi connectivity index (χ2v) is 6.76. The Balaban J connectivity index is 2.02. The number of carbonyl (C=O) groups is 1. The van der Waals surface area contributed by atoms with E-state index in [0.717, 1.165) is 39.8 Å². The molecule has 0 fully saturated rings. The predicted molar refractivity (Wildman–Crippen MR) is 97.0 cm³/mol. The van der Waals surface area contributed by atoms with Crippen LogP contribution in [0.5, 0.6) is 0 Å². The van der Waals surface area contributed by atoms with Gasteiger partial charge in [-0.2, -0.15) is 5.10 Å². The number of fused-ring (bicyclic) bond motifs is 3. The Bertz CT molecular complexity index is 960. The summed E-state index contributed by atoms with van der Waals surface area (Å²) in [5.41, 5.74) is 17.4. The van der Waals surface area contributed by atoms with Crippen LogP contribution in [-0.2, 0) is 12.8 Å². The van der Waals surface area contributed by atoms with Gasteiger partial charge in [0.2, 0.25) is 0 Å². The summed E-state index contributed by atoms with van der Waals surface area (Å²) in [6.07, 6.45) is 1.58. The van der Waals surface area contributed by atoms with Gasteiger partial charge in [0, 0.05) is 21.3 Å². The SMILES string of the molecule is NC(=O)c1nn(-c2ccc(Br)cc2)c2c1CCc1ccc(N)cc1-2. The lowest BCUT2D eigenvalue weighted by Crippen LogP contribution is -2.15. The van der Waals surface area contributed by atoms with Crippen LogP contribution in [0.2, 0.25) is 0 Å². The normalized spacial score (nSPS) is 12.5. The van der Waals surface area contributed by atoms with E-state index in [0.29, 0.717) is 11.4 Å². The fourth-order valence-electron chi connectivity index (χ4n) is 3.22. The first-order chi connectivity index (χ1) is 11.5. The van der Waals surface area contributed by atoms with Gasteiger partial charge < -0.3 is 11.5 Å². The van der Waals surface area contributed by atoms with E-state index in [9.17, 15) is 4.79 Å². The van der Waals surface area contributed by atoms with Crippen molar-refractivity contribution in [2.75, 3.05) is 5.73 Å². The van der Waals surface area contributed by atoms with Crippen LogP contribution in [0, 0.1) is 0 Å². The average Bonchev–Trinajstić information content (AvgIpc) is 2.96. The molecule has 4 rings (SSSR count). The molecular weight excluding hydrogens is 368 g/mol. The molecule has 0 bridgehead atoms. The van der Waals surface area contributed by atoms with Crippen molar-refractivity contribution in [1.29, 1.82) is 0 Å². The maximum absolute atomic E-state index is 11.9. The number of anilines is 1. The Hall–Kier alpha value is -2.60. The average molecular weight is 383 g/mol. The molecule has 3 aromatic rings. The van der Waals surface area contributed by atoms with Gasteiger partial charge in [-0.25, -0.2) is 4.68 Å². The fourth-order valence-corrected chi connectivity index (χ4v) is 3.49. The number of carbonyl (C=O) groups excluding carboxylic acids is 1. The Labute approximate surface area is 147 Å². The molecule has 0 atom stereocenters. The van der Waals surface area contributed by atoms with Crippen LogP contribution >= 0.6 is 15.9 Å². The molecular formula is C18H15BrN4O. The standard InChI is InChI=1S/C18H15BrN4O/c19-11-3-6-13(7-4-11)23-17-14(16(22-23)18(21)24)8-2-10-1-5-12(20)9-15(10)17/h1,3-7,9H,2,8,20H2,(H2,21,24). The third-order valence-corrected chi connectivity index (χ3v) is 4.85. The highest BCUT2D eigenvalue weighted by Gasteiger charge is 2.28. The molecule has 0 spiro atoms. The Morgan fingerprint density at radius 3 is 2.58 bits per heavy atom. The van der Waals surface area contributed by atoms with E-state index in [1.54, 1.807) is 4.68 Å². The van der Waals surface area contributed by atoms with Crippen LogP contribution in [0.25, 0.3) is 16.9 Å². The number of hydrogen-bond donors (Lipinski definition) is 2. The maximum Gasteiger partial charge on any atom is 0.269 e. The maximum atomic E-state index is 11.9. The number of rotatable bonds is 2. The van der Waals surface area contributed by atoms with E-state index >= 15 is 0 Å². The molecule has 1 amide bonds. The first-order valence-corrected chi connectivity index (χ1v) is 8.40. The number of nitrogens with zero attached hydrogens (tertiary/aromatic N) is 2. The van der Waals surface area contributed by atoms with Gasteiger partial charge in [-0.05, 0) is 54.8 Å². The van der Waals surface area contributed by atoms with E-state index in [2.05, 4.69) is 21.0 Å². The van der Waals surface area contributed by atoms with Crippen LogP contribution in [0.1, 0.15) is 21.6 Å². The third-order valence-electron chi connectivity index (χ3n) is 4.32. The Morgan fingerprint density at radius 2 is 1.88 bits per heavy atom. The smallest absolute Gasteiger partial charge is 0.269 e. The van der Waals surface area contributed by atoms with Crippen LogP contribution in [0.3, 0.4) is 0 Å². The van der Waals surface area contributed by atoms with Crippen LogP contribution in [0.4, 0.5) is 5.69 Å². The Kier molecular flexibility index (Phi) is 3.42. The van der Waals surface area contributed by atoms with Gasteiger partial charge in [0.25, 0.3) is 5.91 Å². The van der Waals surface area contributed by atoms with Crippen molar-refractivity contribution in [3.63, 3.8) is 0 Å². The molecule has 6 heteroatoms. The van der Waals surface area contributed by atoms with Crippen molar-refractivity contribution in [3.05, 3.63) is 63.8 Å². The number of nitrogen functional groups attached to an aromatic ring is 1. The molecule has 0 unspecified atom stereocenters. The quantitative estimate of drug-likeness (QED) is 0.667. The summed E-state index contributed by atoms with van der Waals surface area (Å²) in [5.74, 6) is -0.505. The van der Waals surface area contributed by atoms with Gasteiger partial charge in [0.15, 0.2) is 5.69 Å². The number of aromatic nitrogens is 2. The topological polar surface area (TPSA) is 86.9 Å². The van der Waals surface area contributed by atoms with Gasteiger partial charge in [-0.15, -0.1) is 0 Å². The Morgan fingerprint density at radius 1 is 1.12 bits per heavy atom. The van der Waals surface area contributed by atoms with Gasteiger partial charge in [-0.1, -0.05) is 22.0 Å². The van der Waals surface area contributed by atoms with Crippen molar-refractivity contribution in [1.82, 2.24) is 9.78 Å². The molecule has 24 heavy (non-hydrogen) atoms. The predicted octanol–water partition coefficient (Wildman–Crippen LogP) is 3.08. The van der Waals surface area contributed by atoms with Crippen LogP contribution < -0.4 is 11.5 Å². The number of hydrogen-bond acceptors (Lipinski definition) is 3. The summed E-state index contributed by atoms with van der Waals surface area (Å²) in [6, 6.07) is 13.7. The number of benzene rings is 2. The lowest BCUT2D eigenvalue weighted by molar-refractivity contribution is 0.0994. The van der Waals surface area contributed by atoms with Crippen molar-refractivity contribution in [3.8, 4) is 16.9 Å². The highest BCUT2D eigenvalue weighted by Crippen LogP contribution is 2.37. The monoisotopic (exact) mass is 382 g/mol. The lowest BCUT2D eigenvalue weighted by Gasteiger charge is -2.19. The molecule has 120 valence electrons. The first kappa shape index (κ1) is 15.0. The summed E-state index contributed by atoms with van der Waals surface area (Å²) < 4.78 is 2.77. The second kappa shape index (κ2) is 5.49. The molecule has 0 aliphatic heterocycles. The number of nitrogens with two attached hydrogens (primary N) is 2. The molecule has 2 aromatic carbocycles. The van der Waals surface area contributed by atoms with Crippen LogP contribution in [-0.4, -0.2) is 15.7 Å². The zero-order chi connectivity index (χ0) is 16.8. The molecule has 0 radical (unpaired) electrons. The molecule has 5 nitrogen and oxygen atoms in total. The summed E-state index contributed by atoms with van der Waals surface area (Å²) in [7, 11) is 0. The van der Waals surface area contributed by atoms with E-state index < -0.39 is 5.91 Å². The highest BCUT2D eigenvalue weighted by molar-refractivity contribution is 9.10. The number of halogens is 1. The fraction of sp³-hybridized carbons (Fsp3) is 0.111. The van der Waals surface area contributed by atoms with E-state index in [1.165, 1.54) is 5.56 Å². The number of primary amides is 1. The van der Waals surface area contributed by atoms with Gasteiger partial charge in [-0.3, -0.25) is 4.79 Å². The molecule has 0 saturated carbocycles. The minimum absolute atomic E-state index is 0.334. The van der Waals surface area contributed by atoms with Crippen molar-refractivity contribution < 1.29 is 4.79 Å². The summed E-state index contributed by atoms with van der Waals surface area (Å²) in [4.78, 5) is 11.9. The van der Waals surface area contributed by atoms with E-state index in [1.807, 2.05) is 42.5 Å². The zero-order valence-corrected chi connectivity index (χ0v) is 14.4.